The SMILES string of the molecule is COCCCSc1cc(Br)nc(C(C)(C)C)n1. The standard InChI is InChI=1S/C12H19BrN2OS/c1-12(2,3)11-14-9(13)8-10(15-11)17-7-5-6-16-4/h8H,5-7H2,1-4H3. The van der Waals surface area contributed by atoms with Gasteiger partial charge in [0.15, 0.2) is 0 Å². The fraction of sp³-hybridized carbons (Fsp3) is 0.667. The summed E-state index contributed by atoms with van der Waals surface area (Å²) in [7, 11) is 1.73. The molecule has 0 bridgehead atoms. The molecule has 0 fully saturated rings. The molecule has 0 saturated carbocycles. The van der Waals surface area contributed by atoms with Gasteiger partial charge in [0.25, 0.3) is 0 Å². The van der Waals surface area contributed by atoms with Crippen molar-refractivity contribution in [3.8, 4) is 0 Å². The molecule has 0 amide bonds. The summed E-state index contributed by atoms with van der Waals surface area (Å²) in [6, 6.07) is 1.96. The van der Waals surface area contributed by atoms with Crippen LogP contribution in [-0.2, 0) is 10.2 Å². The van der Waals surface area contributed by atoms with Crippen LogP contribution in [0.5, 0.6) is 0 Å². The lowest BCUT2D eigenvalue weighted by molar-refractivity contribution is 0.200. The zero-order valence-electron chi connectivity index (χ0n) is 10.8. The molecule has 0 spiro atoms. The molecule has 0 aromatic carbocycles. The molecule has 0 N–H and O–H groups in total. The zero-order valence-corrected chi connectivity index (χ0v) is 13.2. The minimum absolute atomic E-state index is 0.0222. The fourth-order valence-corrected chi connectivity index (χ4v) is 2.54. The van der Waals surface area contributed by atoms with E-state index in [1.807, 2.05) is 6.07 Å². The number of halogens is 1. The van der Waals surface area contributed by atoms with Crippen LogP contribution in [0, 0.1) is 0 Å². The molecule has 5 heteroatoms. The van der Waals surface area contributed by atoms with E-state index in [0.717, 1.165) is 34.2 Å². The number of nitrogens with zero attached hydrogens (tertiary/aromatic N) is 2. The molecule has 1 rings (SSSR count). The van der Waals surface area contributed by atoms with Gasteiger partial charge in [0.05, 0.1) is 0 Å². The number of methoxy groups -OCH3 is 1. The average molecular weight is 319 g/mol. The first kappa shape index (κ1) is 14.9. The van der Waals surface area contributed by atoms with E-state index in [2.05, 4.69) is 46.7 Å². The van der Waals surface area contributed by atoms with E-state index < -0.39 is 0 Å². The highest BCUT2D eigenvalue weighted by Crippen LogP contribution is 2.25. The van der Waals surface area contributed by atoms with E-state index in [1.165, 1.54) is 0 Å². The van der Waals surface area contributed by atoms with Crippen molar-refractivity contribution in [2.24, 2.45) is 0 Å². The second-order valence-corrected chi connectivity index (χ2v) is 6.73. The van der Waals surface area contributed by atoms with Gasteiger partial charge in [-0.05, 0) is 22.4 Å². The normalized spacial score (nSPS) is 11.8. The molecular weight excluding hydrogens is 300 g/mol. The van der Waals surface area contributed by atoms with Crippen molar-refractivity contribution in [3.63, 3.8) is 0 Å². The minimum Gasteiger partial charge on any atom is -0.385 e. The molecule has 0 aliphatic carbocycles. The van der Waals surface area contributed by atoms with Crippen LogP contribution in [0.2, 0.25) is 0 Å². The van der Waals surface area contributed by atoms with Crippen molar-refractivity contribution in [3.05, 3.63) is 16.5 Å². The van der Waals surface area contributed by atoms with Gasteiger partial charge in [-0.1, -0.05) is 20.8 Å². The topological polar surface area (TPSA) is 35.0 Å². The molecule has 0 saturated heterocycles. The molecule has 3 nitrogen and oxygen atoms in total. The Labute approximate surface area is 116 Å². The molecule has 17 heavy (non-hydrogen) atoms. The molecule has 0 radical (unpaired) electrons. The lowest BCUT2D eigenvalue weighted by Crippen LogP contribution is -2.16. The summed E-state index contributed by atoms with van der Waals surface area (Å²) in [5.41, 5.74) is -0.0222. The Morgan fingerprint density at radius 2 is 2.06 bits per heavy atom. The van der Waals surface area contributed by atoms with Crippen molar-refractivity contribution in [1.29, 1.82) is 0 Å². The third kappa shape index (κ3) is 5.36. The summed E-state index contributed by atoms with van der Waals surface area (Å²) < 4.78 is 5.88. The van der Waals surface area contributed by atoms with E-state index in [4.69, 9.17) is 4.74 Å². The maximum absolute atomic E-state index is 5.03. The van der Waals surface area contributed by atoms with Gasteiger partial charge in [-0.2, -0.15) is 0 Å². The van der Waals surface area contributed by atoms with E-state index in [1.54, 1.807) is 18.9 Å². The summed E-state index contributed by atoms with van der Waals surface area (Å²) in [5.74, 6) is 1.89. The van der Waals surface area contributed by atoms with Crippen LogP contribution in [0.15, 0.2) is 15.7 Å². The highest BCUT2D eigenvalue weighted by atomic mass is 79.9. The predicted molar refractivity (Wildman–Crippen MR) is 75.6 cm³/mol. The second kappa shape index (κ2) is 6.71. The smallest absolute Gasteiger partial charge is 0.136 e. The van der Waals surface area contributed by atoms with Crippen LogP contribution in [0.4, 0.5) is 0 Å². The maximum atomic E-state index is 5.03. The molecule has 1 heterocycles. The van der Waals surface area contributed by atoms with E-state index in [9.17, 15) is 0 Å². The quantitative estimate of drug-likeness (QED) is 0.471. The Kier molecular flexibility index (Phi) is 5.89. The van der Waals surface area contributed by atoms with Gasteiger partial charge in [-0.15, -0.1) is 11.8 Å². The number of aromatic nitrogens is 2. The molecular formula is C12H19BrN2OS. The monoisotopic (exact) mass is 318 g/mol. The maximum Gasteiger partial charge on any atom is 0.136 e. The minimum atomic E-state index is -0.0222. The van der Waals surface area contributed by atoms with Crippen molar-refractivity contribution in [2.75, 3.05) is 19.5 Å². The van der Waals surface area contributed by atoms with Crippen molar-refractivity contribution in [2.45, 2.75) is 37.6 Å². The number of hydrogen-bond acceptors (Lipinski definition) is 4. The molecule has 0 aliphatic heterocycles. The summed E-state index contributed by atoms with van der Waals surface area (Å²) in [5, 5.41) is 1.02. The van der Waals surface area contributed by atoms with Crippen LogP contribution in [-0.4, -0.2) is 29.4 Å². The van der Waals surface area contributed by atoms with Crippen molar-refractivity contribution in [1.82, 2.24) is 9.97 Å². The fourth-order valence-electron chi connectivity index (χ4n) is 1.19. The molecule has 0 aliphatic rings. The van der Waals surface area contributed by atoms with Gasteiger partial charge in [0.1, 0.15) is 15.5 Å². The van der Waals surface area contributed by atoms with Crippen LogP contribution in [0.1, 0.15) is 33.0 Å². The Morgan fingerprint density at radius 3 is 2.65 bits per heavy atom. The highest BCUT2D eigenvalue weighted by Gasteiger charge is 2.18. The van der Waals surface area contributed by atoms with Gasteiger partial charge in [0.2, 0.25) is 0 Å². The predicted octanol–water partition coefficient (Wildman–Crippen LogP) is 3.67. The average Bonchev–Trinajstić information content (AvgIpc) is 2.22. The Balaban J connectivity index is 2.69. The van der Waals surface area contributed by atoms with Crippen LogP contribution < -0.4 is 0 Å². The summed E-state index contributed by atoms with van der Waals surface area (Å²) in [4.78, 5) is 9.00. The van der Waals surface area contributed by atoms with Gasteiger partial charge in [-0.25, -0.2) is 9.97 Å². The van der Waals surface area contributed by atoms with Crippen LogP contribution >= 0.6 is 27.7 Å². The van der Waals surface area contributed by atoms with E-state index in [0.29, 0.717) is 0 Å². The van der Waals surface area contributed by atoms with Gasteiger partial charge < -0.3 is 4.74 Å². The lowest BCUT2D eigenvalue weighted by Gasteiger charge is -2.17. The Bertz CT molecular complexity index is 366. The lowest BCUT2D eigenvalue weighted by atomic mass is 9.96. The van der Waals surface area contributed by atoms with Gasteiger partial charge >= 0.3 is 0 Å². The van der Waals surface area contributed by atoms with Crippen LogP contribution in [0.25, 0.3) is 0 Å². The summed E-state index contributed by atoms with van der Waals surface area (Å²) >= 11 is 5.18. The number of hydrogen-bond donors (Lipinski definition) is 0. The second-order valence-electron chi connectivity index (χ2n) is 4.80. The molecule has 0 atom stereocenters. The third-order valence-electron chi connectivity index (χ3n) is 2.08. The third-order valence-corrected chi connectivity index (χ3v) is 3.49. The summed E-state index contributed by atoms with van der Waals surface area (Å²) in [6.45, 7) is 7.15. The Morgan fingerprint density at radius 1 is 1.35 bits per heavy atom. The van der Waals surface area contributed by atoms with Gasteiger partial charge in [0, 0.05) is 31.0 Å². The van der Waals surface area contributed by atoms with E-state index in [-0.39, 0.29) is 5.41 Å². The first-order chi connectivity index (χ1) is 7.93. The van der Waals surface area contributed by atoms with Gasteiger partial charge in [-0.3, -0.25) is 0 Å². The Hall–Kier alpha value is -0.130. The van der Waals surface area contributed by atoms with Crippen LogP contribution in [0.3, 0.4) is 0 Å². The summed E-state index contributed by atoms with van der Waals surface area (Å²) in [6.07, 6.45) is 1.04. The molecule has 1 aromatic heterocycles. The first-order valence-electron chi connectivity index (χ1n) is 5.60. The first-order valence-corrected chi connectivity index (χ1v) is 7.38. The highest BCUT2D eigenvalue weighted by molar-refractivity contribution is 9.10. The van der Waals surface area contributed by atoms with Crippen molar-refractivity contribution < 1.29 is 4.74 Å². The number of rotatable bonds is 5. The number of ether oxygens (including phenoxy) is 1. The molecule has 1 aromatic rings. The molecule has 0 unspecified atom stereocenters. The van der Waals surface area contributed by atoms with Crippen molar-refractivity contribution >= 4 is 27.7 Å². The number of thioether (sulfide) groups is 1. The largest absolute Gasteiger partial charge is 0.385 e. The van der Waals surface area contributed by atoms with E-state index >= 15 is 0 Å². The molecule has 96 valence electrons. The zero-order chi connectivity index (χ0) is 12.9.